The Bertz CT molecular complexity index is 1080. The molecule has 0 spiro atoms. The first kappa shape index (κ1) is 20.8. The summed E-state index contributed by atoms with van der Waals surface area (Å²) in [6.45, 7) is 4.28. The molecule has 0 saturated heterocycles. The molecule has 0 N–H and O–H groups in total. The number of halogens is 1. The molecule has 1 fully saturated rings. The summed E-state index contributed by atoms with van der Waals surface area (Å²) >= 11 is 0. The number of cyclic esters (lactones) is 1. The van der Waals surface area contributed by atoms with E-state index in [1.165, 1.54) is 6.07 Å². The lowest BCUT2D eigenvalue weighted by Crippen LogP contribution is -2.37. The van der Waals surface area contributed by atoms with Gasteiger partial charge in [0.1, 0.15) is 11.9 Å². The van der Waals surface area contributed by atoms with Crippen LogP contribution in [0.15, 0.2) is 36.4 Å². The minimum absolute atomic E-state index is 0.196. The van der Waals surface area contributed by atoms with E-state index in [0.29, 0.717) is 18.0 Å². The van der Waals surface area contributed by atoms with Gasteiger partial charge in [0.2, 0.25) is 0 Å². The SMILES string of the molecule is CCCN1C(=O)OC(C)c2cc(CS(=O)(=O)Cc3ccc(C4CC4)cc3F)ccc21. The number of carbonyl (C=O) groups excluding carboxylic acids is 1. The van der Waals surface area contributed by atoms with Crippen LogP contribution in [0, 0.1) is 5.82 Å². The number of fused-ring (bicyclic) bond motifs is 1. The van der Waals surface area contributed by atoms with Crippen molar-refractivity contribution in [2.75, 3.05) is 11.4 Å². The Morgan fingerprint density at radius 3 is 2.57 bits per heavy atom. The number of carbonyl (C=O) groups is 1. The van der Waals surface area contributed by atoms with Crippen molar-refractivity contribution < 1.29 is 22.3 Å². The predicted molar refractivity (Wildman–Crippen MR) is 114 cm³/mol. The third kappa shape index (κ3) is 4.36. The maximum atomic E-state index is 14.4. The summed E-state index contributed by atoms with van der Waals surface area (Å²) in [7, 11) is -3.57. The van der Waals surface area contributed by atoms with Crippen LogP contribution in [0.3, 0.4) is 0 Å². The average Bonchev–Trinajstić information content (AvgIpc) is 3.52. The molecule has 160 valence electrons. The average molecular weight is 432 g/mol. The third-order valence-electron chi connectivity index (χ3n) is 5.65. The fourth-order valence-electron chi connectivity index (χ4n) is 3.97. The quantitative estimate of drug-likeness (QED) is 0.601. The van der Waals surface area contributed by atoms with Crippen LogP contribution in [0.1, 0.15) is 67.4 Å². The van der Waals surface area contributed by atoms with Gasteiger partial charge in [0.15, 0.2) is 9.84 Å². The second-order valence-electron chi connectivity index (χ2n) is 8.23. The summed E-state index contributed by atoms with van der Waals surface area (Å²) in [4.78, 5) is 13.7. The Morgan fingerprint density at radius 1 is 1.13 bits per heavy atom. The molecule has 30 heavy (non-hydrogen) atoms. The van der Waals surface area contributed by atoms with E-state index < -0.39 is 21.8 Å². The van der Waals surface area contributed by atoms with Gasteiger partial charge in [0.25, 0.3) is 0 Å². The first-order valence-corrected chi connectivity index (χ1v) is 12.2. The fraction of sp³-hybridized carbons (Fsp3) is 0.435. The van der Waals surface area contributed by atoms with Crippen LogP contribution in [0.5, 0.6) is 0 Å². The Hall–Kier alpha value is -2.41. The minimum Gasteiger partial charge on any atom is -0.441 e. The minimum atomic E-state index is -3.57. The highest BCUT2D eigenvalue weighted by Crippen LogP contribution is 2.40. The lowest BCUT2D eigenvalue weighted by molar-refractivity contribution is 0.107. The molecular weight excluding hydrogens is 405 g/mol. The first-order valence-electron chi connectivity index (χ1n) is 10.4. The third-order valence-corrected chi connectivity index (χ3v) is 7.18. The molecule has 1 aliphatic heterocycles. The van der Waals surface area contributed by atoms with Crippen molar-refractivity contribution in [3.05, 3.63) is 64.5 Å². The zero-order valence-corrected chi connectivity index (χ0v) is 18.0. The Labute approximate surface area is 176 Å². The van der Waals surface area contributed by atoms with Crippen molar-refractivity contribution in [1.82, 2.24) is 0 Å². The second kappa shape index (κ2) is 8.02. The smallest absolute Gasteiger partial charge is 0.414 e. The van der Waals surface area contributed by atoms with Crippen LogP contribution in [-0.4, -0.2) is 21.1 Å². The number of ether oxygens (including phenoxy) is 1. The molecule has 1 saturated carbocycles. The molecule has 4 rings (SSSR count). The predicted octanol–water partition coefficient (Wildman–Crippen LogP) is 5.25. The first-order chi connectivity index (χ1) is 14.3. The van der Waals surface area contributed by atoms with E-state index in [-0.39, 0.29) is 23.2 Å². The highest BCUT2D eigenvalue weighted by atomic mass is 32.2. The summed E-state index contributed by atoms with van der Waals surface area (Å²) in [5.74, 6) is -0.570. The largest absolute Gasteiger partial charge is 0.441 e. The monoisotopic (exact) mass is 431 g/mol. The van der Waals surface area contributed by atoms with Crippen molar-refractivity contribution in [1.29, 1.82) is 0 Å². The molecule has 0 aromatic heterocycles. The van der Waals surface area contributed by atoms with Crippen molar-refractivity contribution in [2.45, 2.75) is 56.6 Å². The number of hydrogen-bond acceptors (Lipinski definition) is 4. The summed E-state index contributed by atoms with van der Waals surface area (Å²) in [6.07, 6.45) is 2.08. The lowest BCUT2D eigenvalue weighted by Gasteiger charge is -2.32. The van der Waals surface area contributed by atoms with Crippen molar-refractivity contribution in [2.24, 2.45) is 0 Å². The number of nitrogens with zero attached hydrogens (tertiary/aromatic N) is 1. The molecule has 1 amide bonds. The van der Waals surface area contributed by atoms with Gasteiger partial charge in [-0.15, -0.1) is 0 Å². The van der Waals surface area contributed by atoms with E-state index in [1.807, 2.05) is 13.0 Å². The maximum Gasteiger partial charge on any atom is 0.414 e. The highest BCUT2D eigenvalue weighted by molar-refractivity contribution is 7.89. The molecule has 1 atom stereocenters. The topological polar surface area (TPSA) is 63.7 Å². The molecule has 2 aromatic rings. The maximum absolute atomic E-state index is 14.4. The lowest BCUT2D eigenvalue weighted by atomic mass is 10.0. The number of amides is 1. The Kier molecular flexibility index (Phi) is 5.57. The van der Waals surface area contributed by atoms with Gasteiger partial charge in [-0.05, 0) is 61.4 Å². The summed E-state index contributed by atoms with van der Waals surface area (Å²) < 4.78 is 45.3. The second-order valence-corrected chi connectivity index (χ2v) is 10.3. The molecule has 7 heteroatoms. The highest BCUT2D eigenvalue weighted by Gasteiger charge is 2.30. The zero-order chi connectivity index (χ0) is 21.5. The summed E-state index contributed by atoms with van der Waals surface area (Å²) in [5, 5.41) is 0. The van der Waals surface area contributed by atoms with Gasteiger partial charge in [-0.3, -0.25) is 4.90 Å². The fourth-order valence-corrected chi connectivity index (χ4v) is 5.47. The molecule has 2 aromatic carbocycles. The van der Waals surface area contributed by atoms with E-state index in [4.69, 9.17) is 4.74 Å². The van der Waals surface area contributed by atoms with Gasteiger partial charge < -0.3 is 4.74 Å². The molecule has 5 nitrogen and oxygen atoms in total. The Balaban J connectivity index is 1.53. The molecule has 1 aliphatic carbocycles. The van der Waals surface area contributed by atoms with Gasteiger partial charge in [0, 0.05) is 17.7 Å². The number of hydrogen-bond donors (Lipinski definition) is 0. The van der Waals surface area contributed by atoms with E-state index in [9.17, 15) is 17.6 Å². The van der Waals surface area contributed by atoms with Crippen molar-refractivity contribution >= 4 is 21.6 Å². The van der Waals surface area contributed by atoms with Gasteiger partial charge in [-0.1, -0.05) is 25.1 Å². The van der Waals surface area contributed by atoms with E-state index in [1.54, 1.807) is 36.1 Å². The van der Waals surface area contributed by atoms with Gasteiger partial charge >= 0.3 is 6.09 Å². The van der Waals surface area contributed by atoms with Crippen LogP contribution in [0.4, 0.5) is 14.9 Å². The number of sulfone groups is 1. The summed E-state index contributed by atoms with van der Waals surface area (Å²) in [5.41, 5.74) is 3.29. The van der Waals surface area contributed by atoms with Crippen LogP contribution in [0.2, 0.25) is 0 Å². The molecule has 1 heterocycles. The normalized spacial score (nSPS) is 18.8. The number of anilines is 1. The van der Waals surface area contributed by atoms with E-state index in [2.05, 4.69) is 0 Å². The van der Waals surface area contributed by atoms with Crippen LogP contribution < -0.4 is 4.90 Å². The number of benzene rings is 2. The molecule has 1 unspecified atom stereocenters. The molecule has 0 bridgehead atoms. The Morgan fingerprint density at radius 2 is 1.90 bits per heavy atom. The number of rotatable bonds is 7. The van der Waals surface area contributed by atoms with E-state index in [0.717, 1.165) is 36.1 Å². The van der Waals surface area contributed by atoms with Gasteiger partial charge in [0.05, 0.1) is 17.2 Å². The van der Waals surface area contributed by atoms with Crippen LogP contribution in [-0.2, 0) is 26.1 Å². The molecule has 2 aliphatic rings. The zero-order valence-electron chi connectivity index (χ0n) is 17.2. The molecular formula is C23H26FNO4S. The van der Waals surface area contributed by atoms with Crippen molar-refractivity contribution in [3.8, 4) is 0 Å². The molecule has 0 radical (unpaired) electrons. The van der Waals surface area contributed by atoms with Crippen molar-refractivity contribution in [3.63, 3.8) is 0 Å². The van der Waals surface area contributed by atoms with Crippen LogP contribution in [0.25, 0.3) is 0 Å². The van der Waals surface area contributed by atoms with Crippen LogP contribution >= 0.6 is 0 Å². The summed E-state index contributed by atoms with van der Waals surface area (Å²) in [6, 6.07) is 10.2. The standard InChI is InChI=1S/C23H26FNO4S/c1-3-10-25-22-9-4-16(11-20(22)15(2)29-23(25)26)13-30(27,28)14-19-8-7-18(12-21(19)24)17-5-6-17/h4,7-9,11-12,15,17H,3,5-6,10,13-14H2,1-2H3. The van der Waals surface area contributed by atoms with E-state index >= 15 is 0 Å². The van der Waals surface area contributed by atoms with Gasteiger partial charge in [-0.25, -0.2) is 17.6 Å². The van der Waals surface area contributed by atoms with Gasteiger partial charge in [-0.2, -0.15) is 0 Å².